The van der Waals surface area contributed by atoms with Gasteiger partial charge in [-0.3, -0.25) is 9.48 Å². The number of hydrogen-bond acceptors (Lipinski definition) is 7. The minimum absolute atomic E-state index is 0.0138. The summed E-state index contributed by atoms with van der Waals surface area (Å²) in [5.41, 5.74) is 2.89. The molecule has 1 spiro atoms. The summed E-state index contributed by atoms with van der Waals surface area (Å²) in [5.74, 6) is 0.135. The Balaban J connectivity index is 1.44. The van der Waals surface area contributed by atoms with Gasteiger partial charge in [0.25, 0.3) is 5.91 Å². The van der Waals surface area contributed by atoms with Crippen molar-refractivity contribution in [2.75, 3.05) is 26.4 Å². The minimum Gasteiger partial charge on any atom is -0.462 e. The van der Waals surface area contributed by atoms with Gasteiger partial charge in [-0.2, -0.15) is 5.10 Å². The van der Waals surface area contributed by atoms with Crippen LogP contribution in [0, 0.1) is 12.3 Å². The number of nitrogens with zero attached hydrogens (tertiary/aromatic N) is 4. The molecule has 1 amide bonds. The summed E-state index contributed by atoms with van der Waals surface area (Å²) in [6.07, 6.45) is 6.90. The molecule has 2 aromatic rings. The van der Waals surface area contributed by atoms with Crippen LogP contribution in [0.15, 0.2) is 12.4 Å². The van der Waals surface area contributed by atoms with Crippen LogP contribution in [-0.2, 0) is 28.9 Å². The minimum atomic E-state index is -0.436. The Bertz CT molecular complexity index is 948. The maximum atomic E-state index is 12.8. The van der Waals surface area contributed by atoms with Crippen LogP contribution < -0.4 is 5.32 Å². The average Bonchev–Trinajstić information content (AvgIpc) is 3.06. The van der Waals surface area contributed by atoms with E-state index in [-0.39, 0.29) is 17.9 Å². The highest BCUT2D eigenvalue weighted by atomic mass is 16.5. The smallest absolute Gasteiger partial charge is 0.341 e. The molecule has 1 saturated heterocycles. The number of aryl methyl sites for hydroxylation is 3. The Kier molecular flexibility index (Phi) is 6.31. The number of carbonyl (C=O) groups excluding carboxylic acids is 2. The Morgan fingerprint density at radius 2 is 2.03 bits per heavy atom. The Morgan fingerprint density at radius 1 is 1.29 bits per heavy atom. The molecule has 0 aromatic carbocycles. The number of hydrogen-bond donors (Lipinski definition) is 1. The van der Waals surface area contributed by atoms with Crippen LogP contribution in [-0.4, -0.2) is 58.0 Å². The number of carbonyl (C=O) groups is 2. The third-order valence-electron chi connectivity index (χ3n) is 6.18. The fraction of sp³-hybridized carbons (Fsp3) is 0.591. The van der Waals surface area contributed by atoms with Gasteiger partial charge in [-0.05, 0) is 38.0 Å². The van der Waals surface area contributed by atoms with Gasteiger partial charge in [0.1, 0.15) is 5.82 Å². The topological polar surface area (TPSA) is 108 Å². The molecule has 4 heterocycles. The Hall–Kier alpha value is -2.81. The molecule has 0 unspecified atom stereocenters. The predicted molar refractivity (Wildman–Crippen MR) is 112 cm³/mol. The molecule has 0 bridgehead atoms. The second-order valence-corrected chi connectivity index (χ2v) is 8.33. The molecule has 2 aliphatic rings. The molecule has 0 aliphatic carbocycles. The van der Waals surface area contributed by atoms with Crippen molar-refractivity contribution in [1.29, 1.82) is 0 Å². The van der Waals surface area contributed by atoms with E-state index in [2.05, 4.69) is 15.3 Å². The van der Waals surface area contributed by atoms with E-state index in [1.165, 1.54) is 12.4 Å². The lowest BCUT2D eigenvalue weighted by atomic mass is 9.76. The first-order valence-corrected chi connectivity index (χ1v) is 10.9. The van der Waals surface area contributed by atoms with Crippen molar-refractivity contribution < 1.29 is 19.1 Å². The lowest BCUT2D eigenvalue weighted by Crippen LogP contribution is -2.40. The second-order valence-electron chi connectivity index (χ2n) is 8.33. The summed E-state index contributed by atoms with van der Waals surface area (Å²) in [7, 11) is 0. The van der Waals surface area contributed by atoms with Crippen molar-refractivity contribution in [3.8, 4) is 0 Å². The maximum Gasteiger partial charge on any atom is 0.341 e. The van der Waals surface area contributed by atoms with Crippen LogP contribution in [0.3, 0.4) is 0 Å². The molecule has 0 atom stereocenters. The van der Waals surface area contributed by atoms with E-state index in [0.29, 0.717) is 37.3 Å². The van der Waals surface area contributed by atoms with Crippen molar-refractivity contribution in [2.24, 2.45) is 5.41 Å². The van der Waals surface area contributed by atoms with Crippen molar-refractivity contribution in [3.63, 3.8) is 0 Å². The third kappa shape index (κ3) is 4.61. The van der Waals surface area contributed by atoms with Gasteiger partial charge in [0.2, 0.25) is 0 Å². The van der Waals surface area contributed by atoms with Crippen LogP contribution >= 0.6 is 0 Å². The largest absolute Gasteiger partial charge is 0.462 e. The molecule has 31 heavy (non-hydrogen) atoms. The highest BCUT2D eigenvalue weighted by Crippen LogP contribution is 2.37. The van der Waals surface area contributed by atoms with Crippen LogP contribution in [0.2, 0.25) is 0 Å². The first-order valence-electron chi connectivity index (χ1n) is 10.9. The van der Waals surface area contributed by atoms with Gasteiger partial charge in [0.05, 0.1) is 29.1 Å². The van der Waals surface area contributed by atoms with E-state index in [0.717, 1.165) is 49.4 Å². The lowest BCUT2D eigenvalue weighted by Gasteiger charge is -2.36. The van der Waals surface area contributed by atoms with Crippen molar-refractivity contribution in [1.82, 2.24) is 25.1 Å². The van der Waals surface area contributed by atoms with Gasteiger partial charge < -0.3 is 14.8 Å². The number of ether oxygens (including phenoxy) is 2. The number of fused-ring (bicyclic) bond motifs is 1. The number of esters is 1. The van der Waals surface area contributed by atoms with Crippen LogP contribution in [0.25, 0.3) is 0 Å². The molecule has 4 rings (SSSR count). The van der Waals surface area contributed by atoms with E-state index in [4.69, 9.17) is 14.6 Å². The monoisotopic (exact) mass is 427 g/mol. The van der Waals surface area contributed by atoms with Crippen LogP contribution in [0.1, 0.15) is 64.1 Å². The number of amides is 1. The predicted octanol–water partition coefficient (Wildman–Crippen LogP) is 1.87. The van der Waals surface area contributed by atoms with Gasteiger partial charge in [0, 0.05) is 45.1 Å². The highest BCUT2D eigenvalue weighted by molar-refractivity contribution is 5.97. The Labute approximate surface area is 181 Å². The normalized spacial score (nSPS) is 17.7. The number of rotatable bonds is 6. The fourth-order valence-corrected chi connectivity index (χ4v) is 4.32. The van der Waals surface area contributed by atoms with Crippen molar-refractivity contribution >= 4 is 11.9 Å². The van der Waals surface area contributed by atoms with E-state index in [1.54, 1.807) is 6.92 Å². The van der Waals surface area contributed by atoms with E-state index in [1.807, 2.05) is 11.6 Å². The van der Waals surface area contributed by atoms with E-state index >= 15 is 0 Å². The van der Waals surface area contributed by atoms with Crippen molar-refractivity contribution in [3.05, 3.63) is 40.7 Å². The zero-order chi connectivity index (χ0) is 21.8. The number of nitrogens with one attached hydrogen (secondary N) is 1. The zero-order valence-corrected chi connectivity index (χ0v) is 18.1. The van der Waals surface area contributed by atoms with Gasteiger partial charge >= 0.3 is 5.97 Å². The molecule has 0 radical (unpaired) electrons. The summed E-state index contributed by atoms with van der Waals surface area (Å²) in [6, 6.07) is 0. The highest BCUT2D eigenvalue weighted by Gasteiger charge is 2.39. The standard InChI is InChI=1S/C22H29N5O4/c1-3-17-19-18(11-22(14-25-20(19)28)5-9-30-10-6-22)27(26-17)7-4-8-31-21(29)16-12-23-15(2)24-13-16/h12-13H,3-11,14H2,1-2H3,(H,25,28). The van der Waals surface area contributed by atoms with Crippen LogP contribution in [0.5, 0.6) is 0 Å². The second kappa shape index (κ2) is 9.13. The number of aromatic nitrogens is 4. The average molecular weight is 428 g/mol. The Morgan fingerprint density at radius 3 is 2.74 bits per heavy atom. The van der Waals surface area contributed by atoms with Gasteiger partial charge in [-0.1, -0.05) is 6.92 Å². The molecular formula is C22H29N5O4. The zero-order valence-electron chi connectivity index (χ0n) is 18.1. The van der Waals surface area contributed by atoms with E-state index in [9.17, 15) is 9.59 Å². The summed E-state index contributed by atoms with van der Waals surface area (Å²) in [5, 5.41) is 7.85. The first-order chi connectivity index (χ1) is 15.0. The maximum absolute atomic E-state index is 12.8. The fourth-order valence-electron chi connectivity index (χ4n) is 4.32. The molecule has 0 saturated carbocycles. The summed E-state index contributed by atoms with van der Waals surface area (Å²) in [6.45, 7) is 6.73. The summed E-state index contributed by atoms with van der Waals surface area (Å²) >= 11 is 0. The summed E-state index contributed by atoms with van der Waals surface area (Å²) < 4.78 is 12.9. The SMILES string of the molecule is CCc1nn(CCCOC(=O)c2cnc(C)nc2)c2c1C(=O)NCC1(CCOCC1)C2. The molecule has 2 aliphatic heterocycles. The van der Waals surface area contributed by atoms with Gasteiger partial charge in [-0.15, -0.1) is 0 Å². The third-order valence-corrected chi connectivity index (χ3v) is 6.18. The molecule has 2 aromatic heterocycles. The van der Waals surface area contributed by atoms with Crippen LogP contribution in [0.4, 0.5) is 0 Å². The van der Waals surface area contributed by atoms with Crippen molar-refractivity contribution in [2.45, 2.75) is 52.5 Å². The summed E-state index contributed by atoms with van der Waals surface area (Å²) in [4.78, 5) is 33.0. The molecule has 9 nitrogen and oxygen atoms in total. The molecule has 1 fully saturated rings. The quantitative estimate of drug-likeness (QED) is 0.554. The van der Waals surface area contributed by atoms with E-state index < -0.39 is 5.97 Å². The molecular weight excluding hydrogens is 398 g/mol. The van der Waals surface area contributed by atoms with Gasteiger partial charge in [0.15, 0.2) is 0 Å². The first kappa shape index (κ1) is 21.4. The lowest BCUT2D eigenvalue weighted by molar-refractivity contribution is 0.0152. The van der Waals surface area contributed by atoms with Gasteiger partial charge in [-0.25, -0.2) is 14.8 Å². The molecule has 1 N–H and O–H groups in total. The molecule has 9 heteroatoms. The molecule has 166 valence electrons.